The van der Waals surface area contributed by atoms with Gasteiger partial charge in [-0.2, -0.15) is 0 Å². The molecular weight excluding hydrogens is 358 g/mol. The Morgan fingerprint density at radius 3 is 2.46 bits per heavy atom. The fourth-order valence-corrected chi connectivity index (χ4v) is 3.62. The largest absolute Gasteiger partial charge is 0.508 e. The number of hydrogen-bond acceptors (Lipinski definition) is 5. The van der Waals surface area contributed by atoms with E-state index < -0.39 is 15.9 Å². The highest BCUT2D eigenvalue weighted by Crippen LogP contribution is 2.30. The maximum absolute atomic E-state index is 12.4. The first kappa shape index (κ1) is 17.9. The van der Waals surface area contributed by atoms with Gasteiger partial charge in [0.2, 0.25) is 5.91 Å². The van der Waals surface area contributed by atoms with Crippen LogP contribution in [0.25, 0.3) is 0 Å². The predicted octanol–water partition coefficient (Wildman–Crippen LogP) is 0.924. The first-order valence-electron chi connectivity index (χ1n) is 7.80. The van der Waals surface area contributed by atoms with Crippen molar-refractivity contribution in [1.82, 2.24) is 10.3 Å². The van der Waals surface area contributed by atoms with Gasteiger partial charge in [0, 0.05) is 24.7 Å². The van der Waals surface area contributed by atoms with Crippen molar-refractivity contribution in [2.75, 3.05) is 11.4 Å². The van der Waals surface area contributed by atoms with Gasteiger partial charge in [-0.05, 0) is 54.4 Å². The number of rotatable bonds is 4. The van der Waals surface area contributed by atoms with E-state index in [1.807, 2.05) is 4.83 Å². The number of carbonyl (C=O) groups is 2. The second-order valence-corrected chi connectivity index (χ2v) is 7.50. The third-order valence-corrected chi connectivity index (χ3v) is 5.31. The molecule has 0 spiro atoms. The molecule has 26 heavy (non-hydrogen) atoms. The SMILES string of the molecule is CC(=O)N1CCc2cc(S(=O)(=O)NNC(=O)c3ccc(O)cc3)ccc21. The zero-order chi connectivity index (χ0) is 18.9. The number of nitrogens with one attached hydrogen (secondary N) is 2. The maximum atomic E-state index is 12.4. The lowest BCUT2D eigenvalue weighted by Crippen LogP contribution is -2.41. The fourth-order valence-electron chi connectivity index (χ4n) is 2.73. The second-order valence-electron chi connectivity index (χ2n) is 5.82. The Kier molecular flexibility index (Phi) is 4.66. The lowest BCUT2D eigenvalue weighted by atomic mass is 10.2. The lowest BCUT2D eigenvalue weighted by Gasteiger charge is -2.15. The molecule has 3 rings (SSSR count). The van der Waals surface area contributed by atoms with Gasteiger partial charge < -0.3 is 10.0 Å². The lowest BCUT2D eigenvalue weighted by molar-refractivity contribution is -0.116. The van der Waals surface area contributed by atoms with Crippen molar-refractivity contribution in [3.63, 3.8) is 0 Å². The first-order valence-corrected chi connectivity index (χ1v) is 9.28. The molecule has 0 unspecified atom stereocenters. The van der Waals surface area contributed by atoms with E-state index in [4.69, 9.17) is 0 Å². The van der Waals surface area contributed by atoms with Crippen molar-refractivity contribution in [3.8, 4) is 5.75 Å². The average molecular weight is 375 g/mol. The van der Waals surface area contributed by atoms with Crippen LogP contribution in [0.5, 0.6) is 5.75 Å². The van der Waals surface area contributed by atoms with Crippen molar-refractivity contribution in [1.29, 1.82) is 0 Å². The first-order chi connectivity index (χ1) is 12.3. The molecule has 136 valence electrons. The van der Waals surface area contributed by atoms with E-state index in [0.29, 0.717) is 18.7 Å². The maximum Gasteiger partial charge on any atom is 0.266 e. The van der Waals surface area contributed by atoms with Crippen molar-refractivity contribution >= 4 is 27.5 Å². The highest BCUT2D eigenvalue weighted by molar-refractivity contribution is 7.89. The van der Waals surface area contributed by atoms with Crippen LogP contribution in [0.15, 0.2) is 47.4 Å². The highest BCUT2D eigenvalue weighted by atomic mass is 32.2. The number of sulfonamides is 1. The molecule has 0 saturated carbocycles. The fraction of sp³-hybridized carbons (Fsp3) is 0.176. The van der Waals surface area contributed by atoms with Crippen LogP contribution in [0.2, 0.25) is 0 Å². The molecule has 3 N–H and O–H groups in total. The van der Waals surface area contributed by atoms with Crippen molar-refractivity contribution < 1.29 is 23.1 Å². The zero-order valence-corrected chi connectivity index (χ0v) is 14.7. The van der Waals surface area contributed by atoms with Crippen molar-refractivity contribution in [2.45, 2.75) is 18.2 Å². The standard InChI is InChI=1S/C17H17N3O5S/c1-11(21)20-9-8-13-10-15(6-7-16(13)20)26(24,25)19-18-17(23)12-2-4-14(22)5-3-12/h2-7,10,19,22H,8-9H2,1H3,(H,18,23). The molecule has 8 nitrogen and oxygen atoms in total. The Hall–Kier alpha value is -2.91. The summed E-state index contributed by atoms with van der Waals surface area (Å²) < 4.78 is 24.8. The normalized spacial score (nSPS) is 13.3. The van der Waals surface area contributed by atoms with Crippen LogP contribution in [0.1, 0.15) is 22.8 Å². The molecule has 0 aromatic heterocycles. The summed E-state index contributed by atoms with van der Waals surface area (Å²) in [6, 6.07) is 9.84. The molecule has 0 saturated heterocycles. The summed E-state index contributed by atoms with van der Waals surface area (Å²) in [6.07, 6.45) is 0.568. The Morgan fingerprint density at radius 2 is 1.81 bits per heavy atom. The van der Waals surface area contributed by atoms with Crippen LogP contribution in [0.4, 0.5) is 5.69 Å². The summed E-state index contributed by atoms with van der Waals surface area (Å²) in [5.74, 6) is -0.754. The number of anilines is 1. The van der Waals surface area contributed by atoms with E-state index >= 15 is 0 Å². The molecule has 0 aliphatic carbocycles. The number of benzene rings is 2. The van der Waals surface area contributed by atoms with Crippen LogP contribution in [-0.4, -0.2) is 31.9 Å². The van der Waals surface area contributed by atoms with Crippen molar-refractivity contribution in [2.24, 2.45) is 0 Å². The molecule has 1 aliphatic heterocycles. The van der Waals surface area contributed by atoms with Gasteiger partial charge in [-0.15, -0.1) is 4.83 Å². The smallest absolute Gasteiger partial charge is 0.266 e. The van der Waals surface area contributed by atoms with Gasteiger partial charge in [-0.25, -0.2) is 8.42 Å². The molecule has 9 heteroatoms. The zero-order valence-electron chi connectivity index (χ0n) is 13.9. The predicted molar refractivity (Wildman–Crippen MR) is 94.1 cm³/mol. The molecule has 2 aromatic carbocycles. The summed E-state index contributed by atoms with van der Waals surface area (Å²) in [4.78, 5) is 27.2. The Labute approximate surface area is 150 Å². The topological polar surface area (TPSA) is 116 Å². The van der Waals surface area contributed by atoms with Gasteiger partial charge in [0.25, 0.3) is 15.9 Å². The number of phenolic OH excluding ortho intramolecular Hbond substituents is 1. The number of hydrogen-bond donors (Lipinski definition) is 3. The molecule has 1 aliphatic rings. The van der Waals surface area contributed by atoms with E-state index in [-0.39, 0.29) is 22.1 Å². The van der Waals surface area contributed by atoms with Gasteiger partial charge in [0.15, 0.2) is 0 Å². The van der Waals surface area contributed by atoms with Crippen LogP contribution in [0.3, 0.4) is 0 Å². The van der Waals surface area contributed by atoms with Crippen LogP contribution in [0, 0.1) is 0 Å². The van der Waals surface area contributed by atoms with E-state index in [2.05, 4.69) is 5.43 Å². The van der Waals surface area contributed by atoms with E-state index in [1.54, 1.807) is 11.0 Å². The summed E-state index contributed by atoms with van der Waals surface area (Å²) >= 11 is 0. The van der Waals surface area contributed by atoms with Crippen LogP contribution < -0.4 is 15.2 Å². The van der Waals surface area contributed by atoms with E-state index in [1.165, 1.54) is 43.3 Å². The highest BCUT2D eigenvalue weighted by Gasteiger charge is 2.25. The molecule has 0 radical (unpaired) electrons. The average Bonchev–Trinajstić information content (AvgIpc) is 3.04. The number of aromatic hydroxyl groups is 1. The Balaban J connectivity index is 1.74. The molecule has 2 aromatic rings. The molecular formula is C17H17N3O5S. The van der Waals surface area contributed by atoms with Gasteiger partial charge >= 0.3 is 0 Å². The summed E-state index contributed by atoms with van der Waals surface area (Å²) in [7, 11) is -3.97. The molecule has 0 bridgehead atoms. The molecule has 0 fully saturated rings. The summed E-state index contributed by atoms with van der Waals surface area (Å²) in [5, 5.41) is 9.21. The molecule has 0 atom stereocenters. The van der Waals surface area contributed by atoms with Crippen LogP contribution >= 0.6 is 0 Å². The third kappa shape index (κ3) is 3.53. The minimum atomic E-state index is -3.97. The number of fused-ring (bicyclic) bond motifs is 1. The number of hydrazine groups is 1. The molecule has 1 heterocycles. The quantitative estimate of drug-likeness (QED) is 0.688. The number of phenols is 1. The number of amides is 2. The van der Waals surface area contributed by atoms with Gasteiger partial charge in [0.05, 0.1) is 4.90 Å². The number of nitrogens with zero attached hydrogens (tertiary/aromatic N) is 1. The summed E-state index contributed by atoms with van der Waals surface area (Å²) in [6.45, 7) is 1.97. The monoisotopic (exact) mass is 375 g/mol. The van der Waals surface area contributed by atoms with Gasteiger partial charge in [0.1, 0.15) is 5.75 Å². The minimum Gasteiger partial charge on any atom is -0.508 e. The Morgan fingerprint density at radius 1 is 1.12 bits per heavy atom. The minimum absolute atomic E-state index is 0.000114. The summed E-state index contributed by atoms with van der Waals surface area (Å²) in [5.41, 5.74) is 3.78. The number of carbonyl (C=O) groups excluding carboxylic acids is 2. The van der Waals surface area contributed by atoms with Gasteiger partial charge in [-0.1, -0.05) is 0 Å². The van der Waals surface area contributed by atoms with Crippen molar-refractivity contribution in [3.05, 3.63) is 53.6 Å². The van der Waals surface area contributed by atoms with Crippen LogP contribution in [-0.2, 0) is 21.2 Å². The second kappa shape index (κ2) is 6.77. The molecule has 2 amide bonds. The van der Waals surface area contributed by atoms with Gasteiger partial charge in [-0.3, -0.25) is 15.0 Å². The van der Waals surface area contributed by atoms with E-state index in [0.717, 1.165) is 5.56 Å². The third-order valence-electron chi connectivity index (χ3n) is 4.07. The van der Waals surface area contributed by atoms with E-state index in [9.17, 15) is 23.1 Å². The Bertz CT molecular complexity index is 970.